The first-order chi connectivity index (χ1) is 13.9. The fourth-order valence-corrected chi connectivity index (χ4v) is 3.60. The van der Waals surface area contributed by atoms with Gasteiger partial charge in [0.05, 0.1) is 11.1 Å². The second-order valence-corrected chi connectivity index (χ2v) is 7.09. The number of carbonyl (C=O) groups excluding carboxylic acids is 5. The summed E-state index contributed by atoms with van der Waals surface area (Å²) in [7, 11) is 1.61. The first-order valence-corrected chi connectivity index (χ1v) is 9.73. The van der Waals surface area contributed by atoms with Gasteiger partial charge in [0, 0.05) is 32.1 Å². The lowest BCUT2D eigenvalue weighted by molar-refractivity contribution is -0.136. The van der Waals surface area contributed by atoms with Gasteiger partial charge in [0.2, 0.25) is 17.7 Å². The van der Waals surface area contributed by atoms with E-state index in [4.69, 9.17) is 0 Å². The van der Waals surface area contributed by atoms with Crippen molar-refractivity contribution < 1.29 is 24.0 Å². The molecule has 2 aliphatic heterocycles. The molecule has 0 bridgehead atoms. The van der Waals surface area contributed by atoms with Crippen LogP contribution in [0.3, 0.4) is 0 Å². The van der Waals surface area contributed by atoms with Crippen LogP contribution in [0.5, 0.6) is 0 Å². The fraction of sp³-hybridized carbons (Fsp3) is 0.450. The molecule has 5 amide bonds. The molecule has 1 unspecified atom stereocenters. The molecule has 3 N–H and O–H groups in total. The molecule has 154 valence electrons. The molecule has 1 aromatic rings. The van der Waals surface area contributed by atoms with Crippen molar-refractivity contribution in [1.82, 2.24) is 15.5 Å². The van der Waals surface area contributed by atoms with Crippen LogP contribution in [0.15, 0.2) is 18.2 Å². The Morgan fingerprint density at radius 2 is 1.93 bits per heavy atom. The van der Waals surface area contributed by atoms with Gasteiger partial charge in [0.25, 0.3) is 11.8 Å². The standard InChI is InChI=1S/C20H24N4O5/c1-21-15(25)8-3-2-4-11-22-13-7-5-6-12-17(13)20(29)24(19(12)28)14-9-10-16(26)23-18(14)27/h5-7,14,22H,2-4,8-11H2,1H3,(H,21,25)(H,23,26,27). The summed E-state index contributed by atoms with van der Waals surface area (Å²) in [6.45, 7) is 0.587. The van der Waals surface area contributed by atoms with E-state index in [1.165, 1.54) is 0 Å². The van der Waals surface area contributed by atoms with Crippen LogP contribution in [0, 0.1) is 0 Å². The van der Waals surface area contributed by atoms with Gasteiger partial charge in [-0.3, -0.25) is 34.2 Å². The van der Waals surface area contributed by atoms with Crippen LogP contribution in [0.4, 0.5) is 5.69 Å². The van der Waals surface area contributed by atoms with Gasteiger partial charge in [-0.1, -0.05) is 12.5 Å². The molecule has 2 aliphatic rings. The highest BCUT2D eigenvalue weighted by atomic mass is 16.2. The van der Waals surface area contributed by atoms with Crippen LogP contribution < -0.4 is 16.0 Å². The number of nitrogens with zero attached hydrogens (tertiary/aromatic N) is 1. The molecular weight excluding hydrogens is 376 g/mol. The third kappa shape index (κ3) is 4.28. The molecule has 0 saturated carbocycles. The third-order valence-corrected chi connectivity index (χ3v) is 5.14. The number of hydrogen-bond acceptors (Lipinski definition) is 6. The van der Waals surface area contributed by atoms with Crippen LogP contribution in [-0.2, 0) is 14.4 Å². The number of imide groups is 2. The van der Waals surface area contributed by atoms with Crippen LogP contribution in [0.2, 0.25) is 0 Å². The predicted octanol–water partition coefficient (Wildman–Crippen LogP) is 0.806. The monoisotopic (exact) mass is 400 g/mol. The molecule has 0 radical (unpaired) electrons. The first kappa shape index (κ1) is 20.5. The van der Waals surface area contributed by atoms with Crippen molar-refractivity contribution >= 4 is 35.2 Å². The maximum Gasteiger partial charge on any atom is 0.264 e. The van der Waals surface area contributed by atoms with Crippen LogP contribution in [0.1, 0.15) is 59.2 Å². The van der Waals surface area contributed by atoms with E-state index in [2.05, 4.69) is 16.0 Å². The van der Waals surface area contributed by atoms with E-state index in [-0.39, 0.29) is 29.9 Å². The zero-order chi connectivity index (χ0) is 21.0. The highest BCUT2D eigenvalue weighted by Crippen LogP contribution is 2.32. The topological polar surface area (TPSA) is 125 Å². The second kappa shape index (κ2) is 8.85. The SMILES string of the molecule is CNC(=O)CCCCCNc1cccc2c1C(=O)N(C1CCC(=O)NC1=O)C2=O. The lowest BCUT2D eigenvalue weighted by Gasteiger charge is -2.27. The summed E-state index contributed by atoms with van der Waals surface area (Å²) in [5.74, 6) is -2.06. The number of fused-ring (bicyclic) bond motifs is 1. The number of nitrogens with one attached hydrogen (secondary N) is 3. The fourth-order valence-electron chi connectivity index (χ4n) is 3.60. The molecule has 9 nitrogen and oxygen atoms in total. The smallest absolute Gasteiger partial charge is 0.264 e. The summed E-state index contributed by atoms with van der Waals surface area (Å²) in [6.07, 6.45) is 3.12. The minimum Gasteiger partial charge on any atom is -0.384 e. The minimum absolute atomic E-state index is 0.0106. The molecular formula is C20H24N4O5. The number of benzene rings is 1. The lowest BCUT2D eigenvalue weighted by atomic mass is 10.0. The summed E-state index contributed by atoms with van der Waals surface area (Å²) < 4.78 is 0. The Morgan fingerprint density at radius 1 is 1.14 bits per heavy atom. The average molecular weight is 400 g/mol. The van der Waals surface area contributed by atoms with E-state index in [9.17, 15) is 24.0 Å². The van der Waals surface area contributed by atoms with Gasteiger partial charge in [-0.2, -0.15) is 0 Å². The second-order valence-electron chi connectivity index (χ2n) is 7.09. The molecule has 0 spiro atoms. The van der Waals surface area contributed by atoms with E-state index >= 15 is 0 Å². The van der Waals surface area contributed by atoms with Crippen LogP contribution in [-0.4, -0.2) is 54.1 Å². The van der Waals surface area contributed by atoms with Gasteiger partial charge in [-0.15, -0.1) is 0 Å². The molecule has 2 heterocycles. The molecule has 0 aromatic heterocycles. The van der Waals surface area contributed by atoms with Gasteiger partial charge in [-0.25, -0.2) is 0 Å². The van der Waals surface area contributed by atoms with Crippen molar-refractivity contribution in [3.05, 3.63) is 29.3 Å². The Bertz CT molecular complexity index is 866. The van der Waals surface area contributed by atoms with E-state index in [1.807, 2.05) is 0 Å². The highest BCUT2D eigenvalue weighted by Gasteiger charge is 2.45. The Hall–Kier alpha value is -3.23. The Morgan fingerprint density at radius 3 is 2.66 bits per heavy atom. The number of piperidine rings is 1. The largest absolute Gasteiger partial charge is 0.384 e. The first-order valence-electron chi connectivity index (χ1n) is 9.73. The predicted molar refractivity (Wildman–Crippen MR) is 104 cm³/mol. The van der Waals surface area contributed by atoms with E-state index in [0.29, 0.717) is 18.7 Å². The van der Waals surface area contributed by atoms with Gasteiger partial charge < -0.3 is 10.6 Å². The number of amides is 5. The van der Waals surface area contributed by atoms with Crippen molar-refractivity contribution in [3.8, 4) is 0 Å². The van der Waals surface area contributed by atoms with Crippen molar-refractivity contribution in [1.29, 1.82) is 0 Å². The van der Waals surface area contributed by atoms with Crippen LogP contribution in [0.25, 0.3) is 0 Å². The van der Waals surface area contributed by atoms with Crippen molar-refractivity contribution in [2.45, 2.75) is 44.6 Å². The van der Waals surface area contributed by atoms with Crippen molar-refractivity contribution in [2.24, 2.45) is 0 Å². The van der Waals surface area contributed by atoms with E-state index < -0.39 is 29.7 Å². The maximum absolute atomic E-state index is 13.0. The molecule has 1 aromatic carbocycles. The Balaban J connectivity index is 1.65. The Kier molecular flexibility index (Phi) is 6.26. The maximum atomic E-state index is 13.0. The number of unbranched alkanes of at least 4 members (excludes halogenated alkanes) is 2. The number of carbonyl (C=O) groups is 5. The number of anilines is 1. The lowest BCUT2D eigenvalue weighted by Crippen LogP contribution is -2.54. The summed E-state index contributed by atoms with van der Waals surface area (Å²) in [5.41, 5.74) is 1.05. The number of rotatable bonds is 8. The molecule has 1 saturated heterocycles. The molecule has 1 atom stereocenters. The normalized spacial score (nSPS) is 18.5. The highest BCUT2D eigenvalue weighted by molar-refractivity contribution is 6.25. The molecule has 3 rings (SSSR count). The molecule has 0 aliphatic carbocycles. The third-order valence-electron chi connectivity index (χ3n) is 5.14. The zero-order valence-electron chi connectivity index (χ0n) is 16.2. The summed E-state index contributed by atoms with van der Waals surface area (Å²) >= 11 is 0. The quantitative estimate of drug-likeness (QED) is 0.438. The average Bonchev–Trinajstić information content (AvgIpc) is 2.96. The molecule has 29 heavy (non-hydrogen) atoms. The minimum atomic E-state index is -0.974. The molecule has 9 heteroatoms. The zero-order valence-corrected chi connectivity index (χ0v) is 16.2. The molecule has 1 fully saturated rings. The van der Waals surface area contributed by atoms with Gasteiger partial charge >= 0.3 is 0 Å². The summed E-state index contributed by atoms with van der Waals surface area (Å²) in [5, 5.41) is 7.95. The Labute approximate surface area is 168 Å². The van der Waals surface area contributed by atoms with Crippen LogP contribution >= 0.6 is 0 Å². The summed E-state index contributed by atoms with van der Waals surface area (Å²) in [6, 6.07) is 4.00. The van der Waals surface area contributed by atoms with Gasteiger partial charge in [0.15, 0.2) is 0 Å². The van der Waals surface area contributed by atoms with Crippen molar-refractivity contribution in [2.75, 3.05) is 18.9 Å². The number of hydrogen-bond donors (Lipinski definition) is 3. The van der Waals surface area contributed by atoms with Gasteiger partial charge in [-0.05, 0) is 31.4 Å². The summed E-state index contributed by atoms with van der Waals surface area (Å²) in [4.78, 5) is 61.4. The van der Waals surface area contributed by atoms with Gasteiger partial charge in [0.1, 0.15) is 6.04 Å². The van der Waals surface area contributed by atoms with Crippen molar-refractivity contribution in [3.63, 3.8) is 0 Å². The van der Waals surface area contributed by atoms with E-state index in [1.54, 1.807) is 25.2 Å². The van der Waals surface area contributed by atoms with E-state index in [0.717, 1.165) is 24.2 Å².